The number of esters is 1. The zero-order valence-electron chi connectivity index (χ0n) is 17.2. The van der Waals surface area contributed by atoms with Crippen molar-refractivity contribution in [1.82, 2.24) is 4.57 Å². The van der Waals surface area contributed by atoms with Gasteiger partial charge in [-0.05, 0) is 55.0 Å². The Bertz CT molecular complexity index is 1440. The van der Waals surface area contributed by atoms with Gasteiger partial charge in [-0.25, -0.2) is 0 Å². The number of hydrogen-bond acceptors (Lipinski definition) is 5. The molecule has 3 aliphatic rings. The third kappa shape index (κ3) is 2.42. The van der Waals surface area contributed by atoms with E-state index in [1.807, 2.05) is 38.1 Å². The molecule has 0 saturated carbocycles. The highest BCUT2D eigenvalue weighted by Crippen LogP contribution is 2.49. The van der Waals surface area contributed by atoms with Gasteiger partial charge in [-0.1, -0.05) is 18.2 Å². The number of fused-ring (bicyclic) bond motifs is 3. The van der Waals surface area contributed by atoms with Gasteiger partial charge in [0.05, 0.1) is 17.5 Å². The Morgan fingerprint density at radius 2 is 1.90 bits per heavy atom. The first-order chi connectivity index (χ1) is 14.9. The lowest BCUT2D eigenvalue weighted by Crippen LogP contribution is -2.29. The summed E-state index contributed by atoms with van der Waals surface area (Å²) in [7, 11) is 0. The summed E-state index contributed by atoms with van der Waals surface area (Å²) in [6.07, 6.45) is 0.835. The number of allylic oxidation sites excluding steroid dienone is 2. The van der Waals surface area contributed by atoms with E-state index in [0.29, 0.717) is 34.7 Å². The molecule has 3 aliphatic heterocycles. The summed E-state index contributed by atoms with van der Waals surface area (Å²) in [5.74, 6) is -0.105. The molecule has 0 bridgehead atoms. The van der Waals surface area contributed by atoms with E-state index in [1.165, 1.54) is 0 Å². The molecule has 6 nitrogen and oxygen atoms in total. The Morgan fingerprint density at radius 3 is 2.71 bits per heavy atom. The molecule has 0 N–H and O–H groups in total. The lowest BCUT2D eigenvalue weighted by molar-refractivity contribution is -0.135. The number of carbonyl (C=O) groups is 2. The van der Waals surface area contributed by atoms with Crippen molar-refractivity contribution in [2.24, 2.45) is 0 Å². The minimum atomic E-state index is -0.541. The molecule has 0 spiro atoms. The van der Waals surface area contributed by atoms with Crippen LogP contribution in [0.2, 0.25) is 0 Å². The zero-order valence-corrected chi connectivity index (χ0v) is 17.2. The fraction of sp³-hybridized carbons (Fsp3) is 0.240. The third-order valence-electron chi connectivity index (χ3n) is 6.41. The quantitative estimate of drug-likeness (QED) is 0.344. The molecule has 0 fully saturated rings. The number of para-hydroxylation sites is 1. The predicted octanol–water partition coefficient (Wildman–Crippen LogP) is 3.87. The molecule has 31 heavy (non-hydrogen) atoms. The Balaban J connectivity index is 1.62. The highest BCUT2D eigenvalue weighted by atomic mass is 16.5. The monoisotopic (exact) mass is 413 g/mol. The molecule has 1 aromatic heterocycles. The summed E-state index contributed by atoms with van der Waals surface area (Å²) in [6.45, 7) is 4.26. The van der Waals surface area contributed by atoms with Crippen LogP contribution in [0.3, 0.4) is 0 Å². The minimum absolute atomic E-state index is 0.0194. The lowest BCUT2D eigenvalue weighted by atomic mass is 9.84. The average molecular weight is 413 g/mol. The second-order valence-electron chi connectivity index (χ2n) is 8.51. The number of hydrogen-bond donors (Lipinski definition) is 0. The van der Waals surface area contributed by atoms with Gasteiger partial charge in [-0.15, -0.1) is 0 Å². The number of aryl methyl sites for hydroxylation is 2. The molecule has 0 amide bonds. The molecular formula is C25H19NO5. The van der Waals surface area contributed by atoms with Crippen molar-refractivity contribution in [2.75, 3.05) is 0 Å². The van der Waals surface area contributed by atoms with E-state index in [-0.39, 0.29) is 23.5 Å². The first-order valence-corrected chi connectivity index (χ1v) is 10.4. The number of Topliss-reactive ketones (excluding diaryl/α,β-unsaturated/α-hetero) is 1. The van der Waals surface area contributed by atoms with Crippen molar-refractivity contribution in [2.45, 2.75) is 39.2 Å². The number of nitrogens with zero attached hydrogens (tertiary/aromatic N) is 1. The number of pyridine rings is 1. The molecule has 2 aromatic carbocycles. The predicted molar refractivity (Wildman–Crippen MR) is 114 cm³/mol. The molecule has 1 atom stereocenters. The summed E-state index contributed by atoms with van der Waals surface area (Å²) in [5, 5.41) is 0.972. The fourth-order valence-electron chi connectivity index (χ4n) is 5.03. The molecule has 0 saturated heterocycles. The summed E-state index contributed by atoms with van der Waals surface area (Å²) in [6, 6.07) is 11.2. The molecule has 3 aromatic rings. The smallest absolute Gasteiger partial charge is 0.312 e. The van der Waals surface area contributed by atoms with Crippen LogP contribution in [0.5, 0.6) is 11.5 Å². The molecule has 0 radical (unpaired) electrons. The van der Waals surface area contributed by atoms with E-state index >= 15 is 0 Å². The van der Waals surface area contributed by atoms with Gasteiger partial charge in [-0.3, -0.25) is 14.4 Å². The molecular weight excluding hydrogens is 394 g/mol. The van der Waals surface area contributed by atoms with Gasteiger partial charge in [0, 0.05) is 23.6 Å². The van der Waals surface area contributed by atoms with Crippen LogP contribution in [0.1, 0.15) is 53.2 Å². The topological polar surface area (TPSA) is 74.6 Å². The second-order valence-corrected chi connectivity index (χ2v) is 8.51. The largest absolute Gasteiger partial charge is 0.452 e. The van der Waals surface area contributed by atoms with Gasteiger partial charge < -0.3 is 14.0 Å². The summed E-state index contributed by atoms with van der Waals surface area (Å²) in [4.78, 5) is 38.8. The SMILES string of the molecule is CC(C)=C1Oc2c(ccc3c2[C@H](c2cc4cccc5c4n(c2=O)CC5)CC(=O)O3)C1=O. The molecule has 0 unspecified atom stereocenters. The van der Waals surface area contributed by atoms with Crippen LogP contribution in [0, 0.1) is 0 Å². The zero-order chi connectivity index (χ0) is 21.4. The van der Waals surface area contributed by atoms with Crippen molar-refractivity contribution >= 4 is 22.7 Å². The van der Waals surface area contributed by atoms with Gasteiger partial charge in [0.25, 0.3) is 5.56 Å². The van der Waals surface area contributed by atoms with Crippen LogP contribution in [-0.2, 0) is 17.8 Å². The van der Waals surface area contributed by atoms with Gasteiger partial charge in [0.2, 0.25) is 5.78 Å². The van der Waals surface area contributed by atoms with Crippen LogP contribution < -0.4 is 15.0 Å². The van der Waals surface area contributed by atoms with Gasteiger partial charge >= 0.3 is 5.97 Å². The van der Waals surface area contributed by atoms with E-state index in [4.69, 9.17) is 9.47 Å². The first-order valence-electron chi connectivity index (χ1n) is 10.4. The first kappa shape index (κ1) is 18.1. The second kappa shape index (κ2) is 6.17. The Hall–Kier alpha value is -3.67. The average Bonchev–Trinajstić information content (AvgIpc) is 3.32. The number of rotatable bonds is 1. The lowest BCUT2D eigenvalue weighted by Gasteiger charge is -2.26. The molecule has 0 aliphatic carbocycles. The van der Waals surface area contributed by atoms with E-state index in [1.54, 1.807) is 16.7 Å². The van der Waals surface area contributed by atoms with Crippen molar-refractivity contribution < 1.29 is 19.1 Å². The number of ketones is 1. The van der Waals surface area contributed by atoms with Crippen LogP contribution in [-0.4, -0.2) is 16.3 Å². The fourth-order valence-corrected chi connectivity index (χ4v) is 5.03. The normalized spacial score (nSPS) is 18.6. The van der Waals surface area contributed by atoms with E-state index in [9.17, 15) is 14.4 Å². The van der Waals surface area contributed by atoms with Crippen molar-refractivity contribution in [3.8, 4) is 11.5 Å². The Morgan fingerprint density at radius 1 is 1.06 bits per heavy atom. The van der Waals surface area contributed by atoms with Crippen LogP contribution in [0.25, 0.3) is 10.9 Å². The highest BCUT2D eigenvalue weighted by Gasteiger charge is 2.40. The maximum atomic E-state index is 13.5. The molecule has 6 heteroatoms. The Kier molecular flexibility index (Phi) is 3.61. The van der Waals surface area contributed by atoms with Crippen LogP contribution in [0.15, 0.2) is 52.5 Å². The van der Waals surface area contributed by atoms with Crippen molar-refractivity contribution in [1.29, 1.82) is 0 Å². The number of benzene rings is 2. The molecule has 6 rings (SSSR count). The number of ether oxygens (including phenoxy) is 2. The van der Waals surface area contributed by atoms with Crippen LogP contribution in [0.4, 0.5) is 0 Å². The van der Waals surface area contributed by atoms with Crippen LogP contribution >= 0.6 is 0 Å². The number of carbonyl (C=O) groups excluding carboxylic acids is 2. The van der Waals surface area contributed by atoms with E-state index in [0.717, 1.165) is 28.5 Å². The standard InChI is InChI=1S/C25H19NO5/c1-12(2)23-22(28)15-6-7-18-20(24(15)31-23)16(11-19(27)30-18)17-10-14-5-3-4-13-8-9-26(21(13)14)25(17)29/h3-7,10,16H,8-9,11H2,1-2H3/t16-/m0/s1. The van der Waals surface area contributed by atoms with Gasteiger partial charge in [-0.2, -0.15) is 0 Å². The Labute approximate surface area is 177 Å². The highest BCUT2D eigenvalue weighted by molar-refractivity contribution is 6.13. The summed E-state index contributed by atoms with van der Waals surface area (Å²) < 4.78 is 13.3. The minimum Gasteiger partial charge on any atom is -0.452 e. The van der Waals surface area contributed by atoms with E-state index < -0.39 is 11.9 Å². The maximum Gasteiger partial charge on any atom is 0.312 e. The van der Waals surface area contributed by atoms with Crippen molar-refractivity contribution in [3.63, 3.8) is 0 Å². The summed E-state index contributed by atoms with van der Waals surface area (Å²) >= 11 is 0. The maximum absolute atomic E-state index is 13.5. The van der Waals surface area contributed by atoms with Crippen molar-refractivity contribution in [3.05, 3.63) is 80.3 Å². The summed E-state index contributed by atoms with van der Waals surface area (Å²) in [5.41, 5.74) is 4.35. The van der Waals surface area contributed by atoms with Gasteiger partial charge in [0.1, 0.15) is 11.5 Å². The molecule has 154 valence electrons. The number of aromatic nitrogens is 1. The third-order valence-corrected chi connectivity index (χ3v) is 6.41. The van der Waals surface area contributed by atoms with E-state index in [2.05, 4.69) is 0 Å². The van der Waals surface area contributed by atoms with Gasteiger partial charge in [0.15, 0.2) is 5.76 Å². The molecule has 4 heterocycles.